The number of rotatable bonds is 2. The average molecular weight is 583 g/mol. The van der Waals surface area contributed by atoms with Gasteiger partial charge in [0.2, 0.25) is 5.54 Å². The van der Waals surface area contributed by atoms with Gasteiger partial charge >= 0.3 is 0 Å². The number of hydrogen-bond acceptors (Lipinski definition) is 3. The second-order valence-corrected chi connectivity index (χ2v) is 13.1. The zero-order valence-corrected chi connectivity index (χ0v) is 24.3. The van der Waals surface area contributed by atoms with Crippen molar-refractivity contribution in [3.8, 4) is 28.4 Å². The molecule has 7 aromatic rings. The van der Waals surface area contributed by atoms with Crippen LogP contribution >= 0.6 is 11.8 Å². The highest BCUT2D eigenvalue weighted by atomic mass is 32.2. The third-order valence-electron chi connectivity index (χ3n) is 9.89. The first-order chi connectivity index (χ1) is 21.8. The number of nitrogens with zero attached hydrogens (tertiary/aromatic N) is 3. The number of anilines is 1. The molecule has 11 rings (SSSR count). The van der Waals surface area contributed by atoms with Crippen LogP contribution in [0.1, 0.15) is 16.7 Å². The van der Waals surface area contributed by atoms with Crippen molar-refractivity contribution in [1.82, 2.24) is 4.57 Å². The summed E-state index contributed by atoms with van der Waals surface area (Å²) in [6, 6.07) is 46.0. The molecule has 0 N–H and O–H groups in total. The van der Waals surface area contributed by atoms with Gasteiger partial charge in [0.05, 0.1) is 23.0 Å². The summed E-state index contributed by atoms with van der Waals surface area (Å²) in [5.41, 5.74) is 9.42. The van der Waals surface area contributed by atoms with Crippen LogP contribution in [0.25, 0.3) is 43.7 Å². The third-order valence-corrected chi connectivity index (χ3v) is 11.3. The van der Waals surface area contributed by atoms with E-state index in [1.54, 1.807) is 0 Å². The fraction of sp³-hybridized carbons (Fsp3) is 0.0513. The molecule has 4 aliphatic rings. The van der Waals surface area contributed by atoms with Gasteiger partial charge in [-0.2, -0.15) is 4.57 Å². The fourth-order valence-electron chi connectivity index (χ4n) is 8.18. The lowest BCUT2D eigenvalue weighted by Gasteiger charge is -2.40. The van der Waals surface area contributed by atoms with Crippen molar-refractivity contribution >= 4 is 44.2 Å². The third kappa shape index (κ3) is 2.62. The normalized spacial score (nSPS) is 19.9. The van der Waals surface area contributed by atoms with Gasteiger partial charge in [-0.3, -0.25) is 0 Å². The zero-order chi connectivity index (χ0) is 28.6. The lowest BCUT2D eigenvalue weighted by molar-refractivity contribution is -0.738. The van der Waals surface area contributed by atoms with Crippen molar-refractivity contribution in [2.75, 3.05) is 4.90 Å². The van der Waals surface area contributed by atoms with E-state index in [0.29, 0.717) is 0 Å². The quantitative estimate of drug-likeness (QED) is 0.190. The predicted octanol–water partition coefficient (Wildman–Crippen LogP) is 8.84. The minimum atomic E-state index is -0.479. The number of pyridine rings is 1. The molecule has 6 heterocycles. The predicted molar refractivity (Wildman–Crippen MR) is 177 cm³/mol. The number of benzene rings is 5. The van der Waals surface area contributed by atoms with Gasteiger partial charge in [-0.05, 0) is 59.2 Å². The molecule has 0 saturated heterocycles. The van der Waals surface area contributed by atoms with Gasteiger partial charge in [0.25, 0.3) is 5.82 Å². The van der Waals surface area contributed by atoms with E-state index >= 15 is 0 Å². The average Bonchev–Trinajstić information content (AvgIpc) is 3.75. The fourth-order valence-corrected chi connectivity index (χ4v) is 9.68. The molecule has 0 amide bonds. The molecule has 0 bridgehead atoms. The van der Waals surface area contributed by atoms with Gasteiger partial charge in [-0.25, -0.2) is 4.57 Å². The van der Waals surface area contributed by atoms with Crippen LogP contribution in [0.3, 0.4) is 0 Å². The molecule has 0 fully saturated rings. The maximum Gasteiger partial charge on any atom is 0.288 e. The smallest absolute Gasteiger partial charge is 0.288 e. The maximum absolute atomic E-state index is 6.79. The largest absolute Gasteiger partial charge is 0.456 e. The molecule has 0 aliphatic carbocycles. The standard InChI is InChI=1S/C39H24N3OS/c1-2-9-24(10-3-1)25-16-18-26(19-17-25)33-23-40-30-13-8-14-31-35(30)39(38(40)44-33)36-32(43-31)21-20-28-27-11-4-5-12-29(27)42(37(28)36)34-15-6-7-22-41(34)39/h1-23,38H/q+1. The van der Waals surface area contributed by atoms with E-state index in [9.17, 15) is 0 Å². The van der Waals surface area contributed by atoms with Gasteiger partial charge in [-0.15, -0.1) is 0 Å². The molecular formula is C39H24N3OS+. The lowest BCUT2D eigenvalue weighted by Crippen LogP contribution is -2.66. The molecule has 0 radical (unpaired) electrons. The van der Waals surface area contributed by atoms with Crippen LogP contribution in [0, 0.1) is 0 Å². The van der Waals surface area contributed by atoms with E-state index in [-0.39, 0.29) is 5.37 Å². The monoisotopic (exact) mass is 582 g/mol. The van der Waals surface area contributed by atoms with Crippen LogP contribution in [0.4, 0.5) is 5.69 Å². The van der Waals surface area contributed by atoms with Crippen LogP contribution in [0.2, 0.25) is 0 Å². The van der Waals surface area contributed by atoms with Crippen molar-refractivity contribution in [2.45, 2.75) is 10.9 Å². The summed E-state index contributed by atoms with van der Waals surface area (Å²) in [5.74, 6) is 3.06. The Hall–Kier alpha value is -5.26. The molecule has 2 atom stereocenters. The Morgan fingerprint density at radius 2 is 1.41 bits per heavy atom. The Bertz CT molecular complexity index is 2410. The van der Waals surface area contributed by atoms with Crippen molar-refractivity contribution in [3.63, 3.8) is 0 Å². The molecule has 4 aliphatic heterocycles. The van der Waals surface area contributed by atoms with Crippen LogP contribution in [-0.4, -0.2) is 9.94 Å². The van der Waals surface area contributed by atoms with E-state index < -0.39 is 5.54 Å². The van der Waals surface area contributed by atoms with Crippen LogP contribution in [0.15, 0.2) is 140 Å². The molecule has 5 aromatic carbocycles. The Balaban J connectivity index is 1.18. The molecular weight excluding hydrogens is 559 g/mol. The minimum absolute atomic E-state index is 0.0774. The van der Waals surface area contributed by atoms with E-state index in [4.69, 9.17) is 4.74 Å². The molecule has 2 unspecified atom stereocenters. The topological polar surface area (TPSA) is 21.3 Å². The van der Waals surface area contributed by atoms with E-state index in [1.807, 2.05) is 11.8 Å². The van der Waals surface area contributed by atoms with Crippen molar-refractivity contribution in [1.29, 1.82) is 0 Å². The number of ether oxygens (including phenoxy) is 1. The van der Waals surface area contributed by atoms with Crippen LogP contribution < -0.4 is 14.2 Å². The number of hydrogen-bond donors (Lipinski definition) is 0. The number of thioether (sulfide) groups is 1. The Labute approximate surface area is 258 Å². The summed E-state index contributed by atoms with van der Waals surface area (Å²) in [5, 5.41) is 2.61. The SMILES string of the molecule is C1=C(c2ccc(-c3ccccc3)cc2)SC2N1c1cccc3c1C21c2c(ccc4c5ccccc5n(c24)-c2cccc[n+]21)O3. The molecule has 0 saturated carbocycles. The van der Waals surface area contributed by atoms with Gasteiger partial charge in [0.15, 0.2) is 5.52 Å². The summed E-state index contributed by atoms with van der Waals surface area (Å²) in [7, 11) is 0. The molecule has 4 nitrogen and oxygen atoms in total. The zero-order valence-electron chi connectivity index (χ0n) is 23.5. The highest BCUT2D eigenvalue weighted by Crippen LogP contribution is 2.65. The summed E-state index contributed by atoms with van der Waals surface area (Å²) < 4.78 is 11.8. The second kappa shape index (κ2) is 8.01. The molecule has 2 aromatic heterocycles. The van der Waals surface area contributed by atoms with Crippen molar-refractivity contribution < 1.29 is 9.30 Å². The van der Waals surface area contributed by atoms with E-state index in [0.717, 1.165) is 11.5 Å². The van der Waals surface area contributed by atoms with E-state index in [1.165, 1.54) is 66.0 Å². The van der Waals surface area contributed by atoms with Gasteiger partial charge in [-0.1, -0.05) is 90.6 Å². The summed E-state index contributed by atoms with van der Waals surface area (Å²) >= 11 is 1.96. The second-order valence-electron chi connectivity index (χ2n) is 11.9. The van der Waals surface area contributed by atoms with E-state index in [2.05, 4.69) is 154 Å². The number of para-hydroxylation sites is 1. The lowest BCUT2D eigenvalue weighted by atomic mass is 9.78. The van der Waals surface area contributed by atoms with Crippen molar-refractivity contribution in [3.05, 3.63) is 156 Å². The first-order valence-corrected chi connectivity index (χ1v) is 15.9. The van der Waals surface area contributed by atoms with Gasteiger partial charge < -0.3 is 9.64 Å². The Morgan fingerprint density at radius 3 is 2.32 bits per heavy atom. The summed E-state index contributed by atoms with van der Waals surface area (Å²) in [4.78, 5) is 3.79. The van der Waals surface area contributed by atoms with Gasteiger partial charge in [0.1, 0.15) is 22.4 Å². The first kappa shape index (κ1) is 23.2. The molecule has 206 valence electrons. The molecule has 1 spiro atoms. The number of fused-ring (bicyclic) bond motifs is 7. The van der Waals surface area contributed by atoms with Gasteiger partial charge in [0, 0.05) is 27.9 Å². The maximum atomic E-state index is 6.79. The Kier molecular flexibility index (Phi) is 4.23. The summed E-state index contributed by atoms with van der Waals surface area (Å²) in [6.45, 7) is 0. The summed E-state index contributed by atoms with van der Waals surface area (Å²) in [6.07, 6.45) is 4.64. The molecule has 44 heavy (non-hydrogen) atoms. The Morgan fingerprint density at radius 1 is 0.636 bits per heavy atom. The molecule has 5 heteroatoms. The highest BCUT2D eigenvalue weighted by Gasteiger charge is 2.66. The minimum Gasteiger partial charge on any atom is -0.456 e. The van der Waals surface area contributed by atoms with Crippen LogP contribution in [-0.2, 0) is 5.54 Å². The highest BCUT2D eigenvalue weighted by molar-refractivity contribution is 8.09. The first-order valence-electron chi connectivity index (χ1n) is 15.0. The number of aromatic nitrogens is 2. The van der Waals surface area contributed by atoms with Crippen molar-refractivity contribution in [2.24, 2.45) is 0 Å². The van der Waals surface area contributed by atoms with Crippen LogP contribution in [0.5, 0.6) is 11.5 Å².